The van der Waals surface area contributed by atoms with Crippen LogP contribution in [0, 0.1) is 34.8 Å². The van der Waals surface area contributed by atoms with Gasteiger partial charge in [0.05, 0.1) is 28.4 Å². The van der Waals surface area contributed by atoms with Crippen LogP contribution in [0.15, 0.2) is 78.9 Å². The Labute approximate surface area is 244 Å². The number of aryl methyl sites for hydroxylation is 1. The molecule has 1 saturated heterocycles. The molecule has 1 fully saturated rings. The smallest absolute Gasteiger partial charge is 0.319 e. The zero-order chi connectivity index (χ0) is 29.6. The van der Waals surface area contributed by atoms with Gasteiger partial charge in [0.25, 0.3) is 5.69 Å². The molecular formula is C33H22N2O8. The maximum Gasteiger partial charge on any atom is 0.319 e. The summed E-state index contributed by atoms with van der Waals surface area (Å²) in [5, 5.41) is 13.2. The molecule has 3 heterocycles. The Morgan fingerprint density at radius 3 is 2.44 bits per heavy atom. The highest BCUT2D eigenvalue weighted by Crippen LogP contribution is 2.56. The molecule has 0 unspecified atom stereocenters. The molecule has 0 N–H and O–H groups in total. The minimum absolute atomic E-state index is 0.0779. The second-order valence-corrected chi connectivity index (χ2v) is 11.1. The maximum atomic E-state index is 14.4. The molecule has 0 radical (unpaired) electrons. The Morgan fingerprint density at radius 1 is 0.860 bits per heavy atom. The van der Waals surface area contributed by atoms with Gasteiger partial charge in [0.15, 0.2) is 11.5 Å². The van der Waals surface area contributed by atoms with Crippen LogP contribution >= 0.6 is 0 Å². The van der Waals surface area contributed by atoms with E-state index in [1.807, 2.05) is 48.5 Å². The summed E-state index contributed by atoms with van der Waals surface area (Å²) in [6.07, 6.45) is 1.92. The number of rotatable bonds is 3. The first-order valence-electron chi connectivity index (χ1n) is 13.8. The number of hydrogen-bond acceptors (Lipinski definition) is 8. The summed E-state index contributed by atoms with van der Waals surface area (Å²) >= 11 is 0. The van der Waals surface area contributed by atoms with Crippen molar-refractivity contribution in [1.82, 2.24) is 0 Å². The van der Waals surface area contributed by atoms with E-state index in [0.29, 0.717) is 28.4 Å². The van der Waals surface area contributed by atoms with Gasteiger partial charge in [-0.15, -0.1) is 0 Å². The fraction of sp³-hybridized carbons (Fsp3) is 0.182. The van der Waals surface area contributed by atoms with Crippen LogP contribution in [-0.2, 0) is 14.4 Å². The number of benzene rings is 4. The molecule has 0 aromatic heterocycles. The third kappa shape index (κ3) is 3.56. The Morgan fingerprint density at radius 2 is 1.63 bits per heavy atom. The zero-order valence-corrected chi connectivity index (χ0v) is 22.7. The van der Waals surface area contributed by atoms with Gasteiger partial charge in [-0.2, -0.15) is 0 Å². The van der Waals surface area contributed by atoms with Crippen molar-refractivity contribution in [3.63, 3.8) is 0 Å². The number of allylic oxidation sites excluding steroid dienone is 1. The number of fused-ring (bicyclic) bond motifs is 8. The summed E-state index contributed by atoms with van der Waals surface area (Å²) in [7, 11) is 0. The standard InChI is InChI=1S/C33H22N2O8/c1-16-12-19(35(39)40)8-9-23(16)34-31(36)28-21(18-7-10-24-26(13-18)42-15-41-24)14-22-27-20-5-3-2-4-17(20)6-11-25(27)43-33(38)29(22)30(28)32(34)37/h2-14,21,28-30H,15H2,1H3/t21-,28+,29+,30-/m0/s1. The number of nitro benzene ring substituents is 1. The highest BCUT2D eigenvalue weighted by atomic mass is 16.7. The summed E-state index contributed by atoms with van der Waals surface area (Å²) in [4.78, 5) is 54.3. The van der Waals surface area contributed by atoms with Gasteiger partial charge in [-0.05, 0) is 58.7 Å². The van der Waals surface area contributed by atoms with Crippen molar-refractivity contribution in [2.75, 3.05) is 11.7 Å². The number of nitrogens with zero attached hydrogens (tertiary/aromatic N) is 2. The molecule has 4 aliphatic rings. The van der Waals surface area contributed by atoms with Crippen LogP contribution in [0.3, 0.4) is 0 Å². The minimum atomic E-state index is -1.06. The SMILES string of the molecule is Cc1cc([N+](=O)[O-])ccc1N1C(=O)[C@@H]2[C@@H]3C(=O)Oc4ccc5ccccc5c4C3=C[C@@H](c3ccc4c(c3)OCO4)[C@H]2C1=O. The molecule has 2 amide bonds. The predicted octanol–water partition coefficient (Wildman–Crippen LogP) is 5.31. The van der Waals surface area contributed by atoms with Gasteiger partial charge in [-0.1, -0.05) is 42.5 Å². The van der Waals surface area contributed by atoms with E-state index in [1.165, 1.54) is 18.2 Å². The fourth-order valence-corrected chi connectivity index (χ4v) is 7.02. The first-order chi connectivity index (χ1) is 20.8. The molecule has 0 spiro atoms. The number of non-ortho nitro benzene ring substituents is 1. The zero-order valence-electron chi connectivity index (χ0n) is 22.7. The van der Waals surface area contributed by atoms with Crippen LogP contribution in [0.25, 0.3) is 16.3 Å². The van der Waals surface area contributed by atoms with Crippen LogP contribution in [0.5, 0.6) is 17.2 Å². The summed E-state index contributed by atoms with van der Waals surface area (Å²) in [6.45, 7) is 1.69. The van der Waals surface area contributed by atoms with Crippen molar-refractivity contribution in [2.45, 2.75) is 12.8 Å². The molecule has 0 bridgehead atoms. The average Bonchev–Trinajstić information content (AvgIpc) is 3.58. The van der Waals surface area contributed by atoms with Crippen LogP contribution in [-0.4, -0.2) is 29.5 Å². The van der Waals surface area contributed by atoms with Crippen molar-refractivity contribution in [3.8, 4) is 17.2 Å². The van der Waals surface area contributed by atoms with E-state index in [9.17, 15) is 24.5 Å². The number of amides is 2. The molecule has 212 valence electrons. The molecule has 43 heavy (non-hydrogen) atoms. The van der Waals surface area contributed by atoms with E-state index in [1.54, 1.807) is 19.1 Å². The Kier molecular flexibility index (Phi) is 5.27. The van der Waals surface area contributed by atoms with Gasteiger partial charge in [-0.25, -0.2) is 4.90 Å². The molecule has 3 aliphatic heterocycles. The number of nitro groups is 1. The Balaban J connectivity index is 1.34. The lowest BCUT2D eigenvalue weighted by atomic mass is 9.64. The molecule has 1 aliphatic carbocycles. The molecule has 4 atom stereocenters. The topological polar surface area (TPSA) is 125 Å². The van der Waals surface area contributed by atoms with Gasteiger partial charge in [0.2, 0.25) is 18.6 Å². The molecular weight excluding hydrogens is 552 g/mol. The van der Waals surface area contributed by atoms with Gasteiger partial charge in [0.1, 0.15) is 5.75 Å². The van der Waals surface area contributed by atoms with Gasteiger partial charge in [0, 0.05) is 23.6 Å². The van der Waals surface area contributed by atoms with Gasteiger partial charge < -0.3 is 14.2 Å². The van der Waals surface area contributed by atoms with Crippen molar-refractivity contribution < 1.29 is 33.5 Å². The molecule has 8 rings (SSSR count). The van der Waals surface area contributed by atoms with Crippen molar-refractivity contribution in [3.05, 3.63) is 106 Å². The molecule has 0 saturated carbocycles. The normalized spacial score (nSPS) is 23.4. The maximum absolute atomic E-state index is 14.4. The average molecular weight is 575 g/mol. The van der Waals surface area contributed by atoms with E-state index in [2.05, 4.69) is 0 Å². The van der Waals surface area contributed by atoms with Crippen LogP contribution in [0.1, 0.15) is 22.6 Å². The number of esters is 1. The first-order valence-corrected chi connectivity index (χ1v) is 13.8. The van der Waals surface area contributed by atoms with Crippen LogP contribution in [0.4, 0.5) is 11.4 Å². The number of anilines is 1. The number of imide groups is 1. The van der Waals surface area contributed by atoms with E-state index in [4.69, 9.17) is 14.2 Å². The number of hydrogen-bond donors (Lipinski definition) is 0. The minimum Gasteiger partial charge on any atom is -0.454 e. The molecule has 10 heteroatoms. The fourth-order valence-electron chi connectivity index (χ4n) is 7.02. The van der Waals surface area contributed by atoms with Crippen LogP contribution in [0.2, 0.25) is 0 Å². The third-order valence-electron chi connectivity index (χ3n) is 8.90. The third-order valence-corrected chi connectivity index (χ3v) is 8.90. The van der Waals surface area contributed by atoms with Crippen LogP contribution < -0.4 is 19.1 Å². The summed E-state index contributed by atoms with van der Waals surface area (Å²) in [5.41, 5.74) is 2.57. The largest absolute Gasteiger partial charge is 0.454 e. The highest BCUT2D eigenvalue weighted by Gasteiger charge is 2.60. The van der Waals surface area contributed by atoms with Crippen molar-refractivity contribution in [1.29, 1.82) is 0 Å². The number of carbonyl (C=O) groups is 3. The molecule has 10 nitrogen and oxygen atoms in total. The monoisotopic (exact) mass is 574 g/mol. The van der Waals surface area contributed by atoms with E-state index in [-0.39, 0.29) is 18.2 Å². The lowest BCUT2D eigenvalue weighted by Crippen LogP contribution is -2.42. The summed E-state index contributed by atoms with van der Waals surface area (Å²) in [5.74, 6) is -3.73. The molecule has 4 aromatic rings. The lowest BCUT2D eigenvalue weighted by molar-refractivity contribution is -0.384. The van der Waals surface area contributed by atoms with E-state index in [0.717, 1.165) is 26.8 Å². The number of ether oxygens (including phenoxy) is 3. The second kappa shape index (κ2) is 8.99. The molecule has 4 aromatic carbocycles. The second-order valence-electron chi connectivity index (χ2n) is 11.1. The van der Waals surface area contributed by atoms with Crippen molar-refractivity contribution in [2.24, 2.45) is 17.8 Å². The lowest BCUT2D eigenvalue weighted by Gasteiger charge is -2.38. The first kappa shape index (κ1) is 25.2. The summed E-state index contributed by atoms with van der Waals surface area (Å²) in [6, 6.07) is 20.8. The van der Waals surface area contributed by atoms with Gasteiger partial charge in [-0.3, -0.25) is 24.5 Å². The van der Waals surface area contributed by atoms with E-state index < -0.39 is 46.4 Å². The quantitative estimate of drug-likeness (QED) is 0.106. The van der Waals surface area contributed by atoms with Crippen molar-refractivity contribution >= 4 is 45.5 Å². The van der Waals surface area contributed by atoms with E-state index >= 15 is 0 Å². The summed E-state index contributed by atoms with van der Waals surface area (Å²) < 4.78 is 17.0. The number of carbonyl (C=O) groups excluding carboxylic acids is 3. The van der Waals surface area contributed by atoms with Gasteiger partial charge >= 0.3 is 5.97 Å². The predicted molar refractivity (Wildman–Crippen MR) is 154 cm³/mol. The Hall–Kier alpha value is -5.51. The highest BCUT2D eigenvalue weighted by molar-refractivity contribution is 6.25. The Bertz CT molecular complexity index is 1980.